The molecular weight excluding hydrogens is 386 g/mol. The molecule has 0 aliphatic carbocycles. The molecule has 2 heterocycles. The smallest absolute Gasteiger partial charge is 0.387 e. The molecule has 1 N–H and O–H groups in total. The van der Waals surface area contributed by atoms with Crippen LogP contribution in [0.25, 0.3) is 10.2 Å². The maximum Gasteiger partial charge on any atom is 0.387 e. The zero-order valence-electron chi connectivity index (χ0n) is 14.1. The maximum absolute atomic E-state index is 12.5. The van der Waals surface area contributed by atoms with Crippen LogP contribution in [0.15, 0.2) is 18.2 Å². The number of aryl methyl sites for hydroxylation is 1. The highest BCUT2D eigenvalue weighted by atomic mass is 35.5. The lowest BCUT2D eigenvalue weighted by molar-refractivity contribution is -0.119. The summed E-state index contributed by atoms with van der Waals surface area (Å²) in [5.41, 5.74) is 1.92. The molecule has 3 aromatic rings. The minimum atomic E-state index is -2.90. The van der Waals surface area contributed by atoms with Gasteiger partial charge < -0.3 is 10.1 Å². The Morgan fingerprint density at radius 2 is 2.12 bits per heavy atom. The number of benzene rings is 1. The maximum atomic E-state index is 12.5. The second-order valence-corrected chi connectivity index (χ2v) is 7.03. The molecule has 1 unspecified atom stereocenters. The molecule has 3 rings (SSSR count). The Morgan fingerprint density at radius 3 is 2.73 bits per heavy atom. The van der Waals surface area contributed by atoms with Crippen molar-refractivity contribution in [1.82, 2.24) is 14.8 Å². The SMILES string of the molecule is Cc1nn(C(C)C(=O)Nc2nc3ccc(OC(F)F)cc3s2)c(C)c1Cl. The van der Waals surface area contributed by atoms with Gasteiger partial charge in [-0.05, 0) is 39.0 Å². The van der Waals surface area contributed by atoms with E-state index < -0.39 is 12.7 Å². The average molecular weight is 401 g/mol. The Morgan fingerprint density at radius 1 is 1.38 bits per heavy atom. The number of nitrogens with one attached hydrogen (secondary N) is 1. The van der Waals surface area contributed by atoms with E-state index in [0.717, 1.165) is 0 Å². The van der Waals surface area contributed by atoms with E-state index in [2.05, 4.69) is 20.1 Å². The molecule has 0 fully saturated rings. The fraction of sp³-hybridized carbons (Fsp3) is 0.312. The predicted octanol–water partition coefficient (Wildman–Crippen LogP) is 4.56. The van der Waals surface area contributed by atoms with Gasteiger partial charge in [-0.2, -0.15) is 13.9 Å². The van der Waals surface area contributed by atoms with Gasteiger partial charge in [0.25, 0.3) is 5.91 Å². The largest absolute Gasteiger partial charge is 0.435 e. The average Bonchev–Trinajstić information content (AvgIpc) is 3.08. The summed E-state index contributed by atoms with van der Waals surface area (Å²) in [6, 6.07) is 3.83. The summed E-state index contributed by atoms with van der Waals surface area (Å²) in [6.07, 6.45) is 0. The van der Waals surface area contributed by atoms with Crippen LogP contribution < -0.4 is 10.1 Å². The number of hydrogen-bond acceptors (Lipinski definition) is 5. The zero-order valence-corrected chi connectivity index (χ0v) is 15.7. The van der Waals surface area contributed by atoms with E-state index in [1.54, 1.807) is 31.5 Å². The van der Waals surface area contributed by atoms with Crippen molar-refractivity contribution in [2.24, 2.45) is 0 Å². The van der Waals surface area contributed by atoms with Crippen molar-refractivity contribution in [2.45, 2.75) is 33.4 Å². The summed E-state index contributed by atoms with van der Waals surface area (Å²) in [6.45, 7) is 2.36. The molecule has 0 bridgehead atoms. The molecule has 26 heavy (non-hydrogen) atoms. The van der Waals surface area contributed by atoms with Crippen molar-refractivity contribution in [3.63, 3.8) is 0 Å². The number of thiazole rings is 1. The molecule has 10 heteroatoms. The number of rotatable bonds is 5. The van der Waals surface area contributed by atoms with Crippen molar-refractivity contribution in [1.29, 1.82) is 0 Å². The van der Waals surface area contributed by atoms with Gasteiger partial charge >= 0.3 is 6.61 Å². The van der Waals surface area contributed by atoms with E-state index in [9.17, 15) is 13.6 Å². The number of hydrogen-bond donors (Lipinski definition) is 1. The van der Waals surface area contributed by atoms with Crippen LogP contribution >= 0.6 is 22.9 Å². The van der Waals surface area contributed by atoms with Crippen LogP contribution in [0.3, 0.4) is 0 Å². The third kappa shape index (κ3) is 3.63. The predicted molar refractivity (Wildman–Crippen MR) is 96.3 cm³/mol. The number of ether oxygens (including phenoxy) is 1. The molecule has 1 atom stereocenters. The summed E-state index contributed by atoms with van der Waals surface area (Å²) in [5, 5.41) is 7.88. The first-order chi connectivity index (χ1) is 12.3. The Hall–Kier alpha value is -2.26. The Bertz CT molecular complexity index is 973. The second-order valence-electron chi connectivity index (χ2n) is 5.62. The van der Waals surface area contributed by atoms with E-state index in [1.807, 2.05) is 0 Å². The summed E-state index contributed by atoms with van der Waals surface area (Å²) in [5.74, 6) is -0.268. The molecule has 6 nitrogen and oxygen atoms in total. The number of carbonyl (C=O) groups is 1. The van der Waals surface area contributed by atoms with E-state index in [1.165, 1.54) is 23.5 Å². The molecule has 138 valence electrons. The summed E-state index contributed by atoms with van der Waals surface area (Å²) in [7, 11) is 0. The minimum Gasteiger partial charge on any atom is -0.435 e. The monoisotopic (exact) mass is 400 g/mol. The molecule has 2 aromatic heterocycles. The van der Waals surface area contributed by atoms with E-state index in [4.69, 9.17) is 11.6 Å². The van der Waals surface area contributed by atoms with Gasteiger partial charge in [0.05, 0.1) is 26.6 Å². The number of carbonyl (C=O) groups excluding carboxylic acids is 1. The van der Waals surface area contributed by atoms with Gasteiger partial charge in [0.15, 0.2) is 5.13 Å². The molecule has 0 radical (unpaired) electrons. The molecule has 0 saturated heterocycles. The standard InChI is InChI=1S/C16H15ClF2N4O2S/c1-7-13(17)8(2)23(22-7)9(3)14(24)21-16-20-11-5-4-10(25-15(18)19)6-12(11)26-16/h4-6,9,15H,1-3H3,(H,20,21,24). The quantitative estimate of drug-likeness (QED) is 0.681. The molecule has 1 aromatic carbocycles. The molecule has 0 aliphatic rings. The molecule has 0 aliphatic heterocycles. The van der Waals surface area contributed by atoms with E-state index in [0.29, 0.717) is 31.8 Å². The normalized spacial score (nSPS) is 12.6. The van der Waals surface area contributed by atoms with E-state index >= 15 is 0 Å². The number of alkyl halides is 2. The van der Waals surface area contributed by atoms with Crippen LogP contribution in [0.1, 0.15) is 24.4 Å². The van der Waals surface area contributed by atoms with Crippen molar-refractivity contribution < 1.29 is 18.3 Å². The molecular formula is C16H15ClF2N4O2S. The summed E-state index contributed by atoms with van der Waals surface area (Å²) in [4.78, 5) is 16.8. The lowest BCUT2D eigenvalue weighted by Crippen LogP contribution is -2.25. The molecule has 0 spiro atoms. The Balaban J connectivity index is 1.79. The van der Waals surface area contributed by atoms with Crippen LogP contribution in [-0.2, 0) is 4.79 Å². The third-order valence-electron chi connectivity index (χ3n) is 3.80. The number of aromatic nitrogens is 3. The van der Waals surface area contributed by atoms with Gasteiger partial charge in [0.1, 0.15) is 11.8 Å². The van der Waals surface area contributed by atoms with Gasteiger partial charge in [-0.1, -0.05) is 22.9 Å². The zero-order chi connectivity index (χ0) is 19.0. The van der Waals surface area contributed by atoms with Gasteiger partial charge in [0.2, 0.25) is 0 Å². The molecule has 1 amide bonds. The van der Waals surface area contributed by atoms with Crippen LogP contribution in [0.4, 0.5) is 13.9 Å². The lowest BCUT2D eigenvalue weighted by atomic mass is 10.3. The topological polar surface area (TPSA) is 69.0 Å². The number of amides is 1. The van der Waals surface area contributed by atoms with Crippen molar-refractivity contribution >= 4 is 44.2 Å². The minimum absolute atomic E-state index is 0.0414. The first kappa shape index (κ1) is 18.5. The van der Waals surface area contributed by atoms with Gasteiger partial charge in [0, 0.05) is 0 Å². The highest BCUT2D eigenvalue weighted by molar-refractivity contribution is 7.22. The van der Waals surface area contributed by atoms with Crippen molar-refractivity contribution in [3.05, 3.63) is 34.6 Å². The summed E-state index contributed by atoms with van der Waals surface area (Å²) < 4.78 is 31.1. The van der Waals surface area contributed by atoms with Crippen molar-refractivity contribution in [3.8, 4) is 5.75 Å². The fourth-order valence-electron chi connectivity index (χ4n) is 2.48. The van der Waals surface area contributed by atoms with Crippen LogP contribution in [0.5, 0.6) is 5.75 Å². The Labute approximate surface area is 156 Å². The summed E-state index contributed by atoms with van der Waals surface area (Å²) >= 11 is 7.29. The Kier molecular flexibility index (Phi) is 5.10. The van der Waals surface area contributed by atoms with Crippen LogP contribution in [0.2, 0.25) is 5.02 Å². The first-order valence-electron chi connectivity index (χ1n) is 7.63. The lowest BCUT2D eigenvalue weighted by Gasteiger charge is -2.13. The number of halogens is 3. The number of nitrogens with zero attached hydrogens (tertiary/aromatic N) is 3. The van der Waals surface area contributed by atoms with E-state index in [-0.39, 0.29) is 11.7 Å². The highest BCUT2D eigenvalue weighted by Crippen LogP contribution is 2.30. The third-order valence-corrected chi connectivity index (χ3v) is 5.28. The number of fused-ring (bicyclic) bond motifs is 1. The number of anilines is 1. The van der Waals surface area contributed by atoms with Gasteiger partial charge in [-0.3, -0.25) is 9.48 Å². The van der Waals surface area contributed by atoms with Gasteiger partial charge in [-0.25, -0.2) is 4.98 Å². The fourth-order valence-corrected chi connectivity index (χ4v) is 3.50. The molecule has 0 saturated carbocycles. The van der Waals surface area contributed by atoms with Crippen LogP contribution in [0, 0.1) is 13.8 Å². The highest BCUT2D eigenvalue weighted by Gasteiger charge is 2.21. The second kappa shape index (κ2) is 7.16. The van der Waals surface area contributed by atoms with Crippen LogP contribution in [-0.4, -0.2) is 27.3 Å². The first-order valence-corrected chi connectivity index (χ1v) is 8.83. The van der Waals surface area contributed by atoms with Crippen molar-refractivity contribution in [2.75, 3.05) is 5.32 Å². The van der Waals surface area contributed by atoms with Gasteiger partial charge in [-0.15, -0.1) is 0 Å².